The van der Waals surface area contributed by atoms with Crippen LogP contribution in [0.5, 0.6) is 5.75 Å². The van der Waals surface area contributed by atoms with Crippen LogP contribution in [0.1, 0.15) is 66.2 Å². The van der Waals surface area contributed by atoms with Crippen molar-refractivity contribution in [2.24, 2.45) is 0 Å². The molecule has 0 radical (unpaired) electrons. The fourth-order valence-corrected chi connectivity index (χ4v) is 7.11. The molecule has 2 N–H and O–H groups in total. The average molecular weight is 623 g/mol. The Balaban J connectivity index is 1.48. The number of amides is 1. The van der Waals surface area contributed by atoms with Gasteiger partial charge >= 0.3 is 5.97 Å². The maximum Gasteiger partial charge on any atom is 0.339 e. The molecule has 2 aliphatic rings. The Morgan fingerprint density at radius 1 is 0.953 bits per heavy atom. The zero-order chi connectivity index (χ0) is 31.1. The number of aromatic carboxylic acids is 1. The highest BCUT2D eigenvalue weighted by molar-refractivity contribution is 7.89. The standard InChI is InChI=1S/C28H26F4N4O6S/c29-19-11-20(30)25(32)26(24(19)31)43(41,42)36-9-8-22(36)27(38)35(17-6-7-18(28(39)40)23(37)10-17)14-16-12-34-21(13-33-16)15-4-2-1-3-5-15/h6-7,10-13,15,22,37H,1-5,8-9,14H2,(H,39,40). The maximum absolute atomic E-state index is 14.4. The Bertz CT molecular complexity index is 1660. The van der Waals surface area contributed by atoms with Gasteiger partial charge in [-0.1, -0.05) is 19.3 Å². The number of carboxylic acid groups (broad SMARTS) is 1. The van der Waals surface area contributed by atoms with Crippen LogP contribution in [0, 0.1) is 23.3 Å². The highest BCUT2D eigenvalue weighted by Gasteiger charge is 2.47. The van der Waals surface area contributed by atoms with E-state index in [0.717, 1.165) is 54.8 Å². The van der Waals surface area contributed by atoms with E-state index in [0.29, 0.717) is 4.31 Å². The summed E-state index contributed by atoms with van der Waals surface area (Å²) in [6.45, 7) is -0.687. The number of anilines is 1. The van der Waals surface area contributed by atoms with Crippen LogP contribution < -0.4 is 4.90 Å². The van der Waals surface area contributed by atoms with Gasteiger partial charge in [0.05, 0.1) is 24.1 Å². The number of rotatable bonds is 8. The molecule has 15 heteroatoms. The van der Waals surface area contributed by atoms with Crippen molar-refractivity contribution in [3.05, 3.63) is 76.9 Å². The van der Waals surface area contributed by atoms with Crippen molar-refractivity contribution in [3.63, 3.8) is 0 Å². The number of phenols is 1. The minimum absolute atomic E-state index is 0.0379. The predicted molar refractivity (Wildman–Crippen MR) is 143 cm³/mol. The minimum atomic E-state index is -5.23. The Labute approximate surface area is 243 Å². The molecule has 1 saturated heterocycles. The lowest BCUT2D eigenvalue weighted by atomic mass is 9.87. The first-order valence-electron chi connectivity index (χ1n) is 13.4. The van der Waals surface area contributed by atoms with Crippen LogP contribution in [0.25, 0.3) is 0 Å². The third kappa shape index (κ3) is 5.78. The zero-order valence-electron chi connectivity index (χ0n) is 22.5. The lowest BCUT2D eigenvalue weighted by Crippen LogP contribution is -2.59. The number of halogens is 4. The summed E-state index contributed by atoms with van der Waals surface area (Å²) in [5.74, 6) is -10.9. The van der Waals surface area contributed by atoms with Crippen molar-refractivity contribution in [2.45, 2.75) is 61.9 Å². The highest BCUT2D eigenvalue weighted by atomic mass is 32.2. The van der Waals surface area contributed by atoms with E-state index in [1.54, 1.807) is 6.20 Å². The molecule has 0 bridgehead atoms. The number of hydrogen-bond donors (Lipinski definition) is 2. The quantitative estimate of drug-likeness (QED) is 0.277. The number of hydrogen-bond acceptors (Lipinski definition) is 7. The molecule has 1 saturated carbocycles. The normalized spacial score (nSPS) is 17.8. The topological polar surface area (TPSA) is 141 Å². The van der Waals surface area contributed by atoms with Gasteiger partial charge in [0.15, 0.2) is 28.2 Å². The van der Waals surface area contributed by atoms with E-state index in [2.05, 4.69) is 9.97 Å². The molecule has 2 fully saturated rings. The number of aromatic hydroxyl groups is 1. The number of benzene rings is 2. The second kappa shape index (κ2) is 11.9. The number of aromatic nitrogens is 2. The van der Waals surface area contributed by atoms with Gasteiger partial charge in [-0.05, 0) is 31.4 Å². The van der Waals surface area contributed by atoms with Crippen molar-refractivity contribution in [2.75, 3.05) is 11.4 Å². The Hall–Kier alpha value is -4.11. The largest absolute Gasteiger partial charge is 0.507 e. The van der Waals surface area contributed by atoms with Gasteiger partial charge in [0.1, 0.15) is 17.4 Å². The van der Waals surface area contributed by atoms with Crippen molar-refractivity contribution >= 4 is 27.6 Å². The number of carboxylic acids is 1. The van der Waals surface area contributed by atoms with Gasteiger partial charge in [-0.15, -0.1) is 0 Å². The van der Waals surface area contributed by atoms with Crippen LogP contribution >= 0.6 is 0 Å². The lowest BCUT2D eigenvalue weighted by molar-refractivity contribution is -0.125. The van der Waals surface area contributed by atoms with Crippen molar-refractivity contribution in [3.8, 4) is 5.75 Å². The number of carbonyl (C=O) groups excluding carboxylic acids is 1. The second-order valence-corrected chi connectivity index (χ2v) is 12.2. The monoisotopic (exact) mass is 622 g/mol. The summed E-state index contributed by atoms with van der Waals surface area (Å²) in [6.07, 6.45) is 8.15. The molecular weight excluding hydrogens is 596 g/mol. The molecule has 10 nitrogen and oxygen atoms in total. The molecule has 0 spiro atoms. The molecule has 43 heavy (non-hydrogen) atoms. The predicted octanol–water partition coefficient (Wildman–Crippen LogP) is 4.48. The van der Waals surface area contributed by atoms with E-state index >= 15 is 0 Å². The number of nitrogens with zero attached hydrogens (tertiary/aromatic N) is 4. The molecule has 3 aromatic rings. The van der Waals surface area contributed by atoms with E-state index in [4.69, 9.17) is 0 Å². The average Bonchev–Trinajstić information content (AvgIpc) is 2.94. The zero-order valence-corrected chi connectivity index (χ0v) is 23.3. The molecule has 1 aliphatic carbocycles. The van der Waals surface area contributed by atoms with Gasteiger partial charge in [-0.2, -0.15) is 4.31 Å². The summed E-state index contributed by atoms with van der Waals surface area (Å²) < 4.78 is 83.3. The molecule has 228 valence electrons. The molecule has 2 aromatic carbocycles. The van der Waals surface area contributed by atoms with E-state index in [1.807, 2.05) is 0 Å². The van der Waals surface area contributed by atoms with Crippen LogP contribution in [0.2, 0.25) is 0 Å². The number of carbonyl (C=O) groups is 2. The van der Waals surface area contributed by atoms with E-state index < -0.39 is 67.4 Å². The first-order valence-corrected chi connectivity index (χ1v) is 14.9. The molecule has 1 atom stereocenters. The fourth-order valence-electron chi connectivity index (χ4n) is 5.36. The summed E-state index contributed by atoms with van der Waals surface area (Å²) in [5, 5.41) is 19.6. The Kier molecular flexibility index (Phi) is 8.38. The summed E-state index contributed by atoms with van der Waals surface area (Å²) in [5.41, 5.74) is 0.559. The Morgan fingerprint density at radius 2 is 1.63 bits per heavy atom. The maximum atomic E-state index is 14.4. The lowest BCUT2D eigenvalue weighted by Gasteiger charge is -2.41. The van der Waals surface area contributed by atoms with Gasteiger partial charge in [-0.3, -0.25) is 14.8 Å². The van der Waals surface area contributed by atoms with Gasteiger partial charge in [-0.25, -0.2) is 30.8 Å². The molecule has 1 aromatic heterocycles. The van der Waals surface area contributed by atoms with Crippen molar-refractivity contribution < 1.29 is 45.8 Å². The minimum Gasteiger partial charge on any atom is -0.507 e. The third-order valence-electron chi connectivity index (χ3n) is 7.75. The van der Waals surface area contributed by atoms with E-state index in [1.165, 1.54) is 12.3 Å². The van der Waals surface area contributed by atoms with Gasteiger partial charge in [0.2, 0.25) is 15.9 Å². The second-order valence-electron chi connectivity index (χ2n) is 10.4. The van der Waals surface area contributed by atoms with E-state index in [9.17, 15) is 45.8 Å². The van der Waals surface area contributed by atoms with Gasteiger partial charge in [0, 0.05) is 36.5 Å². The van der Waals surface area contributed by atoms with Gasteiger partial charge in [0.25, 0.3) is 0 Å². The first kappa shape index (κ1) is 30.4. The first-order chi connectivity index (χ1) is 20.4. The molecule has 1 aliphatic heterocycles. The summed E-state index contributed by atoms with van der Waals surface area (Å²) in [7, 11) is -5.23. The SMILES string of the molecule is O=C(O)c1ccc(N(Cc2cnc(C3CCCCC3)cn2)C(=O)C2CCN2S(=O)(=O)c2c(F)c(F)cc(F)c2F)cc1O. The van der Waals surface area contributed by atoms with Crippen LogP contribution in [0.4, 0.5) is 23.2 Å². The summed E-state index contributed by atoms with van der Waals surface area (Å²) >= 11 is 0. The van der Waals surface area contributed by atoms with Crippen LogP contribution in [0.3, 0.4) is 0 Å². The van der Waals surface area contributed by atoms with Crippen molar-refractivity contribution in [1.29, 1.82) is 0 Å². The number of sulfonamides is 1. The molecule has 2 heterocycles. The highest BCUT2D eigenvalue weighted by Crippen LogP contribution is 2.35. The smallest absolute Gasteiger partial charge is 0.339 e. The summed E-state index contributed by atoms with van der Waals surface area (Å²) in [6, 6.07) is 1.57. The molecule has 5 rings (SSSR count). The van der Waals surface area contributed by atoms with Crippen molar-refractivity contribution in [1.82, 2.24) is 14.3 Å². The molecule has 1 unspecified atom stereocenters. The van der Waals surface area contributed by atoms with Gasteiger partial charge < -0.3 is 15.1 Å². The third-order valence-corrected chi connectivity index (χ3v) is 9.68. The Morgan fingerprint density at radius 3 is 2.16 bits per heavy atom. The molecular formula is C28H26F4N4O6S. The fraction of sp³-hybridized carbons (Fsp3) is 0.357. The van der Waals surface area contributed by atoms with Crippen LogP contribution in [0.15, 0.2) is 41.6 Å². The summed E-state index contributed by atoms with van der Waals surface area (Å²) in [4.78, 5) is 33.2. The van der Waals surface area contributed by atoms with Crippen LogP contribution in [-0.4, -0.2) is 57.4 Å². The van der Waals surface area contributed by atoms with E-state index in [-0.39, 0.29) is 42.9 Å². The van der Waals surface area contributed by atoms with Crippen LogP contribution in [-0.2, 0) is 21.4 Å². The molecule has 1 amide bonds.